The summed E-state index contributed by atoms with van der Waals surface area (Å²) in [6, 6.07) is 0.653. The zero-order valence-electron chi connectivity index (χ0n) is 15.1. The highest BCUT2D eigenvalue weighted by atomic mass is 16.6. The molecule has 2 saturated heterocycles. The predicted octanol–water partition coefficient (Wildman–Crippen LogP) is 3.75. The van der Waals surface area contributed by atoms with Gasteiger partial charge in [-0.25, -0.2) is 4.79 Å². The van der Waals surface area contributed by atoms with Crippen LogP contribution in [-0.2, 0) is 4.74 Å². The van der Waals surface area contributed by atoms with Crippen molar-refractivity contribution >= 4 is 6.09 Å². The fourth-order valence-corrected chi connectivity index (χ4v) is 3.66. The molecule has 0 saturated carbocycles. The second-order valence-corrected chi connectivity index (χ2v) is 8.34. The number of ether oxygens (including phenoxy) is 1. The molecule has 0 bridgehead atoms. The topological polar surface area (TPSA) is 32.8 Å². The Morgan fingerprint density at radius 3 is 2.27 bits per heavy atom. The number of likely N-dealkylation sites (tertiary alicyclic amines) is 2. The summed E-state index contributed by atoms with van der Waals surface area (Å²) in [6.45, 7) is 14.6. The van der Waals surface area contributed by atoms with Crippen molar-refractivity contribution < 1.29 is 9.53 Å². The summed E-state index contributed by atoms with van der Waals surface area (Å²) >= 11 is 0. The van der Waals surface area contributed by atoms with Gasteiger partial charge in [0, 0.05) is 25.7 Å². The Balaban J connectivity index is 1.80. The third-order valence-electron chi connectivity index (χ3n) is 5.06. The van der Waals surface area contributed by atoms with E-state index >= 15 is 0 Å². The molecule has 0 N–H and O–H groups in total. The quantitative estimate of drug-likeness (QED) is 0.778. The lowest BCUT2D eigenvalue weighted by Crippen LogP contribution is -2.50. The summed E-state index contributed by atoms with van der Waals surface area (Å²) in [4.78, 5) is 16.7. The first kappa shape index (κ1) is 17.6. The highest BCUT2D eigenvalue weighted by Crippen LogP contribution is 2.28. The van der Waals surface area contributed by atoms with Crippen molar-refractivity contribution in [3.05, 3.63) is 0 Å². The minimum absolute atomic E-state index is 0.148. The van der Waals surface area contributed by atoms with Gasteiger partial charge < -0.3 is 9.64 Å². The Morgan fingerprint density at radius 1 is 1.09 bits per heavy atom. The molecule has 0 aromatic rings. The Morgan fingerprint density at radius 2 is 1.73 bits per heavy atom. The van der Waals surface area contributed by atoms with Crippen molar-refractivity contribution in [3.63, 3.8) is 0 Å². The highest BCUT2D eigenvalue weighted by molar-refractivity contribution is 5.68. The molecule has 0 aromatic heterocycles. The Bertz CT molecular complexity index is 368. The first-order valence-corrected chi connectivity index (χ1v) is 8.98. The second-order valence-electron chi connectivity index (χ2n) is 8.34. The van der Waals surface area contributed by atoms with E-state index in [1.165, 1.54) is 25.9 Å². The molecule has 1 atom stereocenters. The molecule has 4 heteroatoms. The summed E-state index contributed by atoms with van der Waals surface area (Å²) in [7, 11) is 0. The van der Waals surface area contributed by atoms with Crippen molar-refractivity contribution in [2.75, 3.05) is 26.2 Å². The van der Waals surface area contributed by atoms with E-state index in [1.807, 2.05) is 25.7 Å². The molecule has 2 aliphatic heterocycles. The fraction of sp³-hybridized carbons (Fsp3) is 0.944. The zero-order chi connectivity index (χ0) is 16.3. The van der Waals surface area contributed by atoms with Crippen LogP contribution in [0.5, 0.6) is 0 Å². The molecular weight excluding hydrogens is 276 g/mol. The lowest BCUT2D eigenvalue weighted by atomic mass is 9.86. The number of amides is 1. The molecule has 2 heterocycles. The first-order chi connectivity index (χ1) is 10.3. The summed E-state index contributed by atoms with van der Waals surface area (Å²) in [5.41, 5.74) is -0.398. The third kappa shape index (κ3) is 4.87. The summed E-state index contributed by atoms with van der Waals surface area (Å²) in [5, 5.41) is 0. The van der Waals surface area contributed by atoms with Crippen LogP contribution in [0.1, 0.15) is 60.3 Å². The van der Waals surface area contributed by atoms with Crippen LogP contribution in [0.4, 0.5) is 4.79 Å². The van der Waals surface area contributed by atoms with Gasteiger partial charge in [-0.2, -0.15) is 0 Å². The van der Waals surface area contributed by atoms with Crippen molar-refractivity contribution in [2.45, 2.75) is 71.9 Å². The van der Waals surface area contributed by atoms with Crippen LogP contribution in [0.25, 0.3) is 0 Å². The first-order valence-electron chi connectivity index (χ1n) is 8.98. The maximum atomic E-state index is 12.1. The molecular formula is C18H34N2O2. The molecule has 0 aliphatic carbocycles. The molecule has 1 unspecified atom stereocenters. The third-order valence-corrected chi connectivity index (χ3v) is 5.06. The van der Waals surface area contributed by atoms with E-state index in [4.69, 9.17) is 4.74 Å². The van der Waals surface area contributed by atoms with Crippen molar-refractivity contribution in [1.29, 1.82) is 0 Å². The normalized spacial score (nSPS) is 25.5. The van der Waals surface area contributed by atoms with E-state index in [0.29, 0.717) is 6.04 Å². The number of hydrogen-bond donors (Lipinski definition) is 0. The molecule has 4 nitrogen and oxygen atoms in total. The number of piperidine rings is 2. The van der Waals surface area contributed by atoms with E-state index in [2.05, 4.69) is 18.7 Å². The van der Waals surface area contributed by atoms with Crippen LogP contribution in [0, 0.1) is 11.8 Å². The van der Waals surface area contributed by atoms with Crippen molar-refractivity contribution in [1.82, 2.24) is 9.80 Å². The van der Waals surface area contributed by atoms with E-state index < -0.39 is 5.60 Å². The lowest BCUT2D eigenvalue weighted by molar-refractivity contribution is 0.00973. The van der Waals surface area contributed by atoms with Gasteiger partial charge in [-0.05, 0) is 64.8 Å². The second kappa shape index (κ2) is 7.20. The van der Waals surface area contributed by atoms with Gasteiger partial charge in [0.2, 0.25) is 0 Å². The molecule has 0 radical (unpaired) electrons. The minimum Gasteiger partial charge on any atom is -0.444 e. The average Bonchev–Trinajstić information content (AvgIpc) is 2.46. The minimum atomic E-state index is -0.398. The van der Waals surface area contributed by atoms with E-state index in [9.17, 15) is 4.79 Å². The van der Waals surface area contributed by atoms with Gasteiger partial charge in [0.25, 0.3) is 0 Å². The Labute approximate surface area is 136 Å². The fourth-order valence-electron chi connectivity index (χ4n) is 3.66. The summed E-state index contributed by atoms with van der Waals surface area (Å²) < 4.78 is 5.48. The Hall–Kier alpha value is -0.770. The molecule has 0 aromatic carbocycles. The highest BCUT2D eigenvalue weighted by Gasteiger charge is 2.32. The molecule has 2 rings (SSSR count). The smallest absolute Gasteiger partial charge is 0.410 e. The average molecular weight is 310 g/mol. The van der Waals surface area contributed by atoms with Crippen LogP contribution >= 0.6 is 0 Å². The molecule has 0 spiro atoms. The maximum Gasteiger partial charge on any atom is 0.410 e. The molecule has 1 amide bonds. The number of nitrogens with zero attached hydrogens (tertiary/aromatic N) is 2. The maximum absolute atomic E-state index is 12.1. The Kier molecular flexibility index (Phi) is 5.76. The molecule has 22 heavy (non-hydrogen) atoms. The van der Waals surface area contributed by atoms with Gasteiger partial charge in [-0.1, -0.05) is 13.8 Å². The number of carbonyl (C=O) groups excluding carboxylic acids is 1. The van der Waals surface area contributed by atoms with Gasteiger partial charge >= 0.3 is 6.09 Å². The van der Waals surface area contributed by atoms with E-state index in [1.54, 1.807) is 0 Å². The lowest BCUT2D eigenvalue weighted by Gasteiger charge is -2.43. The largest absolute Gasteiger partial charge is 0.444 e. The monoisotopic (exact) mass is 310 g/mol. The predicted molar refractivity (Wildman–Crippen MR) is 90.0 cm³/mol. The van der Waals surface area contributed by atoms with E-state index in [-0.39, 0.29) is 6.09 Å². The van der Waals surface area contributed by atoms with Gasteiger partial charge in [0.1, 0.15) is 5.60 Å². The number of hydrogen-bond acceptors (Lipinski definition) is 3. The van der Waals surface area contributed by atoms with Gasteiger partial charge in [0.05, 0.1) is 0 Å². The van der Waals surface area contributed by atoms with Crippen molar-refractivity contribution in [3.8, 4) is 0 Å². The summed E-state index contributed by atoms with van der Waals surface area (Å²) in [6.07, 6.45) is 4.73. The number of carbonyl (C=O) groups is 1. The van der Waals surface area contributed by atoms with E-state index in [0.717, 1.165) is 37.8 Å². The van der Waals surface area contributed by atoms with Crippen molar-refractivity contribution in [2.24, 2.45) is 11.8 Å². The van der Waals surface area contributed by atoms with Crippen LogP contribution < -0.4 is 0 Å². The molecule has 2 fully saturated rings. The van der Waals surface area contributed by atoms with Crippen LogP contribution in [0.2, 0.25) is 0 Å². The zero-order valence-corrected chi connectivity index (χ0v) is 15.1. The van der Waals surface area contributed by atoms with Gasteiger partial charge in [-0.3, -0.25) is 4.90 Å². The summed E-state index contributed by atoms with van der Waals surface area (Å²) in [5.74, 6) is 1.63. The van der Waals surface area contributed by atoms with Crippen LogP contribution in [0.15, 0.2) is 0 Å². The molecule has 2 aliphatic rings. The van der Waals surface area contributed by atoms with Gasteiger partial charge in [-0.15, -0.1) is 0 Å². The number of rotatable bonds is 2. The van der Waals surface area contributed by atoms with Gasteiger partial charge in [0.15, 0.2) is 0 Å². The molecule has 128 valence electrons. The SMILES string of the molecule is CC(C)C1CCCN(C2CCN(C(=O)OC(C)(C)C)CC2)C1. The van der Waals surface area contributed by atoms with Crippen LogP contribution in [0.3, 0.4) is 0 Å². The standard InChI is InChI=1S/C18H34N2O2/c1-14(2)15-7-6-10-20(13-15)16-8-11-19(12-9-16)17(21)22-18(3,4)5/h14-16H,6-13H2,1-5H3. The van der Waals surface area contributed by atoms with Crippen LogP contribution in [-0.4, -0.2) is 53.7 Å².